The molecular weight excluding hydrogens is 299 g/mol. The van der Waals surface area contributed by atoms with Crippen molar-refractivity contribution in [1.82, 2.24) is 10.2 Å². The Morgan fingerprint density at radius 3 is 2.36 bits per heavy atom. The van der Waals surface area contributed by atoms with Gasteiger partial charge in [-0.25, -0.2) is 0 Å². The molecule has 0 aromatic heterocycles. The minimum Gasteiger partial charge on any atom is -0.340 e. The van der Waals surface area contributed by atoms with E-state index >= 15 is 0 Å². The van der Waals surface area contributed by atoms with Gasteiger partial charge in [0.1, 0.15) is 0 Å². The number of anilines is 1. The van der Waals surface area contributed by atoms with Gasteiger partial charge in [-0.2, -0.15) is 13.2 Å². The quantitative estimate of drug-likeness (QED) is 0.873. The minimum absolute atomic E-state index is 0.0623. The molecule has 5 nitrogen and oxygen atoms in total. The van der Waals surface area contributed by atoms with E-state index < -0.39 is 23.6 Å². The van der Waals surface area contributed by atoms with Crippen molar-refractivity contribution in [2.75, 3.05) is 32.5 Å². The van der Waals surface area contributed by atoms with Crippen LogP contribution < -0.4 is 10.6 Å². The van der Waals surface area contributed by atoms with Gasteiger partial charge in [0, 0.05) is 38.3 Å². The van der Waals surface area contributed by atoms with Gasteiger partial charge in [0.15, 0.2) is 0 Å². The second-order valence-corrected chi connectivity index (χ2v) is 4.81. The van der Waals surface area contributed by atoms with Crippen molar-refractivity contribution in [2.24, 2.45) is 0 Å². The van der Waals surface area contributed by atoms with E-state index in [2.05, 4.69) is 10.6 Å². The molecule has 0 radical (unpaired) electrons. The third-order valence-electron chi connectivity index (χ3n) is 2.87. The summed E-state index contributed by atoms with van der Waals surface area (Å²) in [6, 6.07) is 2.81. The molecular formula is C14H18F3N3O2. The first-order chi connectivity index (χ1) is 10.1. The Kier molecular flexibility index (Phi) is 5.92. The van der Waals surface area contributed by atoms with Gasteiger partial charge in [-0.05, 0) is 25.2 Å². The SMILES string of the molecule is CNCCN(C)C(=O)c1cc(NC(C)=O)cc(C(F)(F)F)c1. The van der Waals surface area contributed by atoms with Crippen LogP contribution in [0.15, 0.2) is 18.2 Å². The normalized spacial score (nSPS) is 11.2. The molecule has 0 heterocycles. The van der Waals surface area contributed by atoms with Crippen LogP contribution in [0.2, 0.25) is 0 Å². The lowest BCUT2D eigenvalue weighted by Gasteiger charge is -2.18. The van der Waals surface area contributed by atoms with E-state index in [1.807, 2.05) is 0 Å². The summed E-state index contributed by atoms with van der Waals surface area (Å²) in [4.78, 5) is 24.5. The largest absolute Gasteiger partial charge is 0.416 e. The molecule has 2 amide bonds. The van der Waals surface area contributed by atoms with Crippen LogP contribution in [0.3, 0.4) is 0 Å². The number of alkyl halides is 3. The van der Waals surface area contributed by atoms with E-state index in [0.29, 0.717) is 13.1 Å². The van der Waals surface area contributed by atoms with E-state index in [1.54, 1.807) is 7.05 Å². The number of nitrogens with one attached hydrogen (secondary N) is 2. The fraction of sp³-hybridized carbons (Fsp3) is 0.429. The number of benzene rings is 1. The summed E-state index contributed by atoms with van der Waals surface area (Å²) in [6.07, 6.45) is -4.60. The maximum atomic E-state index is 12.9. The van der Waals surface area contributed by atoms with Crippen molar-refractivity contribution >= 4 is 17.5 Å². The summed E-state index contributed by atoms with van der Waals surface area (Å²) in [5.41, 5.74) is -1.17. The van der Waals surface area contributed by atoms with E-state index in [-0.39, 0.29) is 11.3 Å². The number of amides is 2. The van der Waals surface area contributed by atoms with Crippen LogP contribution in [0.1, 0.15) is 22.8 Å². The molecule has 0 aliphatic heterocycles. The van der Waals surface area contributed by atoms with Crippen molar-refractivity contribution in [3.8, 4) is 0 Å². The molecule has 1 aromatic carbocycles. The third kappa shape index (κ3) is 5.03. The van der Waals surface area contributed by atoms with Crippen LogP contribution in [-0.4, -0.2) is 43.9 Å². The zero-order valence-electron chi connectivity index (χ0n) is 12.5. The maximum absolute atomic E-state index is 12.9. The van der Waals surface area contributed by atoms with Crippen molar-refractivity contribution in [3.63, 3.8) is 0 Å². The van der Waals surface area contributed by atoms with E-state index in [0.717, 1.165) is 12.1 Å². The van der Waals surface area contributed by atoms with Gasteiger partial charge in [-0.3, -0.25) is 9.59 Å². The lowest BCUT2D eigenvalue weighted by molar-refractivity contribution is -0.137. The molecule has 0 atom stereocenters. The van der Waals surface area contributed by atoms with Crippen molar-refractivity contribution in [1.29, 1.82) is 0 Å². The summed E-state index contributed by atoms with van der Waals surface area (Å²) < 4.78 is 38.7. The molecule has 122 valence electrons. The lowest BCUT2D eigenvalue weighted by atomic mass is 10.1. The van der Waals surface area contributed by atoms with Gasteiger partial charge >= 0.3 is 6.18 Å². The van der Waals surface area contributed by atoms with Gasteiger partial charge in [0.05, 0.1) is 5.56 Å². The molecule has 8 heteroatoms. The Balaban J connectivity index is 3.17. The highest BCUT2D eigenvalue weighted by Gasteiger charge is 2.32. The highest BCUT2D eigenvalue weighted by molar-refractivity contribution is 5.97. The van der Waals surface area contributed by atoms with Crippen LogP contribution in [-0.2, 0) is 11.0 Å². The molecule has 2 N–H and O–H groups in total. The molecule has 22 heavy (non-hydrogen) atoms. The van der Waals surface area contributed by atoms with Gasteiger partial charge in [0.2, 0.25) is 5.91 Å². The molecule has 0 spiro atoms. The smallest absolute Gasteiger partial charge is 0.340 e. The molecule has 0 fully saturated rings. The topological polar surface area (TPSA) is 61.4 Å². The predicted octanol–water partition coefficient (Wildman–Crippen LogP) is 1.96. The molecule has 0 unspecified atom stereocenters. The fourth-order valence-electron chi connectivity index (χ4n) is 1.79. The summed E-state index contributed by atoms with van der Waals surface area (Å²) in [6.45, 7) is 2.04. The fourth-order valence-corrected chi connectivity index (χ4v) is 1.79. The number of nitrogens with zero attached hydrogens (tertiary/aromatic N) is 1. The average Bonchev–Trinajstić information content (AvgIpc) is 2.41. The van der Waals surface area contributed by atoms with Crippen molar-refractivity contribution in [2.45, 2.75) is 13.1 Å². The standard InChI is InChI=1S/C14H18F3N3O2/c1-9(21)19-12-7-10(6-11(8-12)14(15,16)17)13(22)20(3)5-4-18-2/h6-8,18H,4-5H2,1-3H3,(H,19,21). The predicted molar refractivity (Wildman–Crippen MR) is 76.6 cm³/mol. The van der Waals surface area contributed by atoms with Crippen molar-refractivity contribution in [3.05, 3.63) is 29.3 Å². The molecule has 0 aliphatic carbocycles. The Morgan fingerprint density at radius 1 is 1.23 bits per heavy atom. The Labute approximate surface area is 126 Å². The number of hydrogen-bond acceptors (Lipinski definition) is 3. The van der Waals surface area contributed by atoms with Crippen LogP contribution in [0.25, 0.3) is 0 Å². The Hall–Kier alpha value is -2.09. The van der Waals surface area contributed by atoms with Crippen LogP contribution in [0.5, 0.6) is 0 Å². The van der Waals surface area contributed by atoms with Crippen molar-refractivity contribution < 1.29 is 22.8 Å². The van der Waals surface area contributed by atoms with Crippen LogP contribution in [0.4, 0.5) is 18.9 Å². The Bertz CT molecular complexity index is 559. The van der Waals surface area contributed by atoms with Gasteiger partial charge in [0.25, 0.3) is 5.91 Å². The molecule has 0 aliphatic rings. The molecule has 0 saturated heterocycles. The summed E-state index contributed by atoms with van der Waals surface area (Å²) >= 11 is 0. The number of rotatable bonds is 5. The number of carbonyl (C=O) groups is 2. The van der Waals surface area contributed by atoms with Crippen LogP contribution in [0, 0.1) is 0 Å². The lowest BCUT2D eigenvalue weighted by Crippen LogP contribution is -2.33. The first-order valence-corrected chi connectivity index (χ1v) is 6.55. The highest BCUT2D eigenvalue weighted by atomic mass is 19.4. The second-order valence-electron chi connectivity index (χ2n) is 4.81. The van der Waals surface area contributed by atoms with E-state index in [9.17, 15) is 22.8 Å². The Morgan fingerprint density at radius 2 is 1.86 bits per heavy atom. The number of hydrogen-bond donors (Lipinski definition) is 2. The minimum atomic E-state index is -4.60. The first kappa shape index (κ1) is 18.0. The number of halogens is 3. The molecule has 0 bridgehead atoms. The number of carbonyl (C=O) groups excluding carboxylic acids is 2. The zero-order valence-corrected chi connectivity index (χ0v) is 12.5. The highest BCUT2D eigenvalue weighted by Crippen LogP contribution is 2.32. The molecule has 1 rings (SSSR count). The number of likely N-dealkylation sites (N-methyl/N-ethyl adjacent to an activating group) is 2. The average molecular weight is 317 g/mol. The van der Waals surface area contributed by atoms with Gasteiger partial charge < -0.3 is 15.5 Å². The van der Waals surface area contributed by atoms with E-state index in [4.69, 9.17) is 0 Å². The zero-order chi connectivity index (χ0) is 16.9. The first-order valence-electron chi connectivity index (χ1n) is 6.55. The summed E-state index contributed by atoms with van der Waals surface area (Å²) in [5.74, 6) is -1.06. The monoisotopic (exact) mass is 317 g/mol. The van der Waals surface area contributed by atoms with Gasteiger partial charge in [-0.15, -0.1) is 0 Å². The third-order valence-corrected chi connectivity index (χ3v) is 2.87. The second kappa shape index (κ2) is 7.26. The molecule has 1 aromatic rings. The van der Waals surface area contributed by atoms with Gasteiger partial charge in [-0.1, -0.05) is 0 Å². The molecule has 0 saturated carbocycles. The van der Waals surface area contributed by atoms with Crippen LogP contribution >= 0.6 is 0 Å². The summed E-state index contributed by atoms with van der Waals surface area (Å²) in [5, 5.41) is 5.12. The maximum Gasteiger partial charge on any atom is 0.416 e. The van der Waals surface area contributed by atoms with E-state index in [1.165, 1.54) is 24.9 Å². The summed E-state index contributed by atoms with van der Waals surface area (Å²) in [7, 11) is 3.20.